The molecule has 7 rings (SSSR count). The zero-order chi connectivity index (χ0) is 27.8. The molecule has 0 amide bonds. The highest BCUT2D eigenvalue weighted by molar-refractivity contribution is 6.10. The second-order valence-electron chi connectivity index (χ2n) is 11.1. The van der Waals surface area contributed by atoms with Gasteiger partial charge in [0.25, 0.3) is 0 Å². The molecule has 0 unspecified atom stereocenters. The lowest BCUT2D eigenvalue weighted by Crippen LogP contribution is -2.32. The number of para-hydroxylation sites is 2. The summed E-state index contributed by atoms with van der Waals surface area (Å²) < 4.78 is 2.42. The van der Waals surface area contributed by atoms with Crippen LogP contribution in [0.5, 0.6) is 0 Å². The Morgan fingerprint density at radius 1 is 0.561 bits per heavy atom. The number of benzene rings is 5. The largest absolute Gasteiger partial charge is 0.309 e. The van der Waals surface area contributed by atoms with Crippen molar-refractivity contribution in [3.8, 4) is 29.0 Å². The summed E-state index contributed by atoms with van der Waals surface area (Å²) in [6, 6.07) is 45.1. The summed E-state index contributed by atoms with van der Waals surface area (Å²) in [6.45, 7) is 0. The smallest absolute Gasteiger partial charge is 0.0992 e. The van der Waals surface area contributed by atoms with Crippen molar-refractivity contribution in [3.05, 3.63) is 138 Å². The van der Waals surface area contributed by atoms with Gasteiger partial charge in [-0.1, -0.05) is 92.1 Å². The number of hydrogen-bond donors (Lipinski definition) is 0. The summed E-state index contributed by atoms with van der Waals surface area (Å²) in [6.07, 6.45) is 5.39. The van der Waals surface area contributed by atoms with Gasteiger partial charge in [0.05, 0.1) is 40.0 Å². The first-order valence-corrected chi connectivity index (χ1v) is 14.4. The average Bonchev–Trinajstić information content (AvgIpc) is 3.38. The van der Waals surface area contributed by atoms with Crippen molar-refractivity contribution in [1.29, 1.82) is 10.5 Å². The van der Waals surface area contributed by atoms with Gasteiger partial charge in [-0.05, 0) is 77.6 Å². The average molecular weight is 528 g/mol. The first kappa shape index (κ1) is 24.9. The van der Waals surface area contributed by atoms with Crippen molar-refractivity contribution in [1.82, 2.24) is 4.57 Å². The van der Waals surface area contributed by atoms with Crippen molar-refractivity contribution < 1.29 is 0 Å². The fourth-order valence-electron chi connectivity index (χ4n) is 7.02. The molecule has 0 bridgehead atoms. The molecule has 6 aromatic rings. The Bertz CT molecular complexity index is 1960. The fourth-order valence-corrected chi connectivity index (χ4v) is 7.02. The molecule has 1 heterocycles. The molecule has 1 aliphatic rings. The van der Waals surface area contributed by atoms with Crippen LogP contribution in [0.4, 0.5) is 0 Å². The molecule has 0 radical (unpaired) electrons. The number of rotatable bonds is 4. The maximum absolute atomic E-state index is 9.82. The second-order valence-corrected chi connectivity index (χ2v) is 11.1. The third-order valence-corrected chi connectivity index (χ3v) is 8.89. The van der Waals surface area contributed by atoms with E-state index in [1.165, 1.54) is 44.9 Å². The van der Waals surface area contributed by atoms with Crippen LogP contribution in [0.1, 0.15) is 54.4 Å². The molecular weight excluding hydrogens is 498 g/mol. The molecular formula is C38H29N3. The third-order valence-electron chi connectivity index (χ3n) is 8.89. The minimum absolute atomic E-state index is 0.283. The van der Waals surface area contributed by atoms with Crippen LogP contribution in [-0.4, -0.2) is 4.57 Å². The first-order chi connectivity index (χ1) is 20.2. The summed E-state index contributed by atoms with van der Waals surface area (Å²) in [5, 5.41) is 22.1. The molecule has 3 nitrogen and oxygen atoms in total. The van der Waals surface area contributed by atoms with E-state index >= 15 is 0 Å². The minimum Gasteiger partial charge on any atom is -0.309 e. The Labute approximate surface area is 240 Å². The summed E-state index contributed by atoms with van der Waals surface area (Å²) in [7, 11) is 0. The molecule has 41 heavy (non-hydrogen) atoms. The van der Waals surface area contributed by atoms with E-state index in [1.54, 1.807) is 6.07 Å². The van der Waals surface area contributed by atoms with Crippen molar-refractivity contribution in [3.63, 3.8) is 0 Å². The van der Waals surface area contributed by atoms with E-state index in [1.807, 2.05) is 12.1 Å². The molecule has 0 saturated heterocycles. The predicted molar refractivity (Wildman–Crippen MR) is 166 cm³/mol. The number of fused-ring (bicyclic) bond motifs is 3. The fraction of sp³-hybridized carbons (Fsp3) is 0.158. The summed E-state index contributed by atoms with van der Waals surface area (Å²) in [4.78, 5) is 0. The van der Waals surface area contributed by atoms with Crippen LogP contribution < -0.4 is 0 Å². The van der Waals surface area contributed by atoms with Gasteiger partial charge >= 0.3 is 0 Å². The van der Waals surface area contributed by atoms with Crippen LogP contribution in [0, 0.1) is 22.7 Å². The highest BCUT2D eigenvalue weighted by atomic mass is 15.0. The number of hydrogen-bond acceptors (Lipinski definition) is 2. The lowest BCUT2D eigenvalue weighted by atomic mass is 9.64. The lowest BCUT2D eigenvalue weighted by Gasteiger charge is -2.40. The van der Waals surface area contributed by atoms with Crippen LogP contribution in [-0.2, 0) is 5.41 Å². The van der Waals surface area contributed by atoms with E-state index in [0.29, 0.717) is 11.1 Å². The maximum atomic E-state index is 9.82. The minimum atomic E-state index is -0.283. The Hall–Kier alpha value is -5.12. The van der Waals surface area contributed by atoms with Crippen molar-refractivity contribution >= 4 is 21.8 Å². The van der Waals surface area contributed by atoms with Crippen molar-refractivity contribution in [2.75, 3.05) is 0 Å². The molecule has 1 aromatic heterocycles. The van der Waals surface area contributed by atoms with Gasteiger partial charge in [-0.15, -0.1) is 0 Å². The van der Waals surface area contributed by atoms with Gasteiger partial charge in [0.2, 0.25) is 0 Å². The first-order valence-electron chi connectivity index (χ1n) is 14.4. The lowest BCUT2D eigenvalue weighted by molar-refractivity contribution is 0.345. The Morgan fingerprint density at radius 2 is 1.22 bits per heavy atom. The van der Waals surface area contributed by atoms with Gasteiger partial charge in [0.1, 0.15) is 0 Å². The molecule has 1 saturated carbocycles. The van der Waals surface area contributed by atoms with E-state index in [-0.39, 0.29) is 5.41 Å². The van der Waals surface area contributed by atoms with E-state index in [4.69, 9.17) is 0 Å². The molecule has 0 aliphatic heterocycles. The van der Waals surface area contributed by atoms with E-state index in [0.717, 1.165) is 36.9 Å². The van der Waals surface area contributed by atoms with E-state index < -0.39 is 0 Å². The molecule has 1 aliphatic carbocycles. The molecule has 3 heteroatoms. The number of nitriles is 2. The van der Waals surface area contributed by atoms with Gasteiger partial charge in [-0.25, -0.2) is 0 Å². The molecule has 1 fully saturated rings. The molecule has 0 spiro atoms. The van der Waals surface area contributed by atoms with Gasteiger partial charge in [-0.2, -0.15) is 10.5 Å². The van der Waals surface area contributed by atoms with Crippen LogP contribution in [0.2, 0.25) is 0 Å². The zero-order valence-corrected chi connectivity index (χ0v) is 22.8. The second kappa shape index (κ2) is 10.1. The number of nitrogens with zero attached hydrogens (tertiary/aromatic N) is 3. The SMILES string of the molecule is N#Cc1cc(C#N)cc(C2(c3ccccc3-n3c4ccccc4c4cc(-c5ccccc5)ccc43)CCCCC2)c1. The van der Waals surface area contributed by atoms with Crippen molar-refractivity contribution in [2.24, 2.45) is 0 Å². The van der Waals surface area contributed by atoms with Crippen LogP contribution in [0.3, 0.4) is 0 Å². The normalized spacial score (nSPS) is 14.5. The topological polar surface area (TPSA) is 52.5 Å². The summed E-state index contributed by atoms with van der Waals surface area (Å²) in [5.41, 5.74) is 9.07. The van der Waals surface area contributed by atoms with E-state index in [9.17, 15) is 10.5 Å². The van der Waals surface area contributed by atoms with Gasteiger partial charge in [0, 0.05) is 16.2 Å². The molecule has 0 atom stereocenters. The van der Waals surface area contributed by atoms with E-state index in [2.05, 4.69) is 114 Å². The summed E-state index contributed by atoms with van der Waals surface area (Å²) >= 11 is 0. The van der Waals surface area contributed by atoms with Crippen molar-refractivity contribution in [2.45, 2.75) is 37.5 Å². The molecule has 5 aromatic carbocycles. The highest BCUT2D eigenvalue weighted by Gasteiger charge is 2.38. The third kappa shape index (κ3) is 4.10. The number of aromatic nitrogens is 1. The monoisotopic (exact) mass is 527 g/mol. The Balaban J connectivity index is 1.51. The van der Waals surface area contributed by atoms with Gasteiger partial charge in [-0.3, -0.25) is 0 Å². The molecule has 0 N–H and O–H groups in total. The predicted octanol–water partition coefficient (Wildman–Crippen LogP) is 9.44. The standard InChI is InChI=1S/C38H29N3/c39-25-27-21-28(26-40)23-31(22-27)38(19-9-2-10-20-38)34-14-6-8-16-37(34)41-35-15-7-5-13-32(35)33-24-30(17-18-36(33)41)29-11-3-1-4-12-29/h1,3-8,11-18,21-24H,2,9-10,19-20H2. The zero-order valence-electron chi connectivity index (χ0n) is 22.8. The maximum Gasteiger partial charge on any atom is 0.0992 e. The Kier molecular flexibility index (Phi) is 6.15. The summed E-state index contributed by atoms with van der Waals surface area (Å²) in [5.74, 6) is 0. The Morgan fingerprint density at radius 3 is 1.98 bits per heavy atom. The highest BCUT2D eigenvalue weighted by Crippen LogP contribution is 2.48. The quantitative estimate of drug-likeness (QED) is 0.229. The van der Waals surface area contributed by atoms with Gasteiger partial charge in [0.15, 0.2) is 0 Å². The van der Waals surface area contributed by atoms with Crippen LogP contribution >= 0.6 is 0 Å². The van der Waals surface area contributed by atoms with Crippen LogP contribution in [0.25, 0.3) is 38.6 Å². The van der Waals surface area contributed by atoms with Gasteiger partial charge < -0.3 is 4.57 Å². The molecule has 196 valence electrons. The van der Waals surface area contributed by atoms with Crippen LogP contribution in [0.15, 0.2) is 115 Å².